The fourth-order valence-electron chi connectivity index (χ4n) is 9.87. The van der Waals surface area contributed by atoms with Crippen LogP contribution in [0.2, 0.25) is 0 Å². The van der Waals surface area contributed by atoms with Gasteiger partial charge in [-0.1, -0.05) is 12.2 Å². The van der Waals surface area contributed by atoms with Gasteiger partial charge in [0.2, 0.25) is 11.8 Å². The molecule has 0 aliphatic carbocycles. The van der Waals surface area contributed by atoms with E-state index in [4.69, 9.17) is 9.47 Å². The smallest absolute Gasteiger partial charge is 0.260 e. The number of imide groups is 1. The number of amides is 3. The molecule has 326 valence electrons. The lowest BCUT2D eigenvalue weighted by Gasteiger charge is -2.37. The Labute approximate surface area is 363 Å². The van der Waals surface area contributed by atoms with Crippen molar-refractivity contribution in [2.45, 2.75) is 71.1 Å². The first-order valence-electron chi connectivity index (χ1n) is 22.3. The van der Waals surface area contributed by atoms with Gasteiger partial charge in [-0.25, -0.2) is 4.98 Å². The molecule has 0 radical (unpaired) electrons. The van der Waals surface area contributed by atoms with Gasteiger partial charge in [0, 0.05) is 113 Å². The normalized spacial score (nSPS) is 20.3. The van der Waals surface area contributed by atoms with Crippen molar-refractivity contribution in [1.82, 2.24) is 29.6 Å². The topological polar surface area (TPSA) is 133 Å². The summed E-state index contributed by atoms with van der Waals surface area (Å²) in [5.41, 5.74) is 5.58. The molecule has 0 bridgehead atoms. The second-order valence-electron chi connectivity index (χ2n) is 17.4. The zero-order valence-electron chi connectivity index (χ0n) is 36.2. The monoisotopic (exact) mass is 842 g/mol. The second-order valence-corrected chi connectivity index (χ2v) is 17.4. The molecule has 4 saturated heterocycles. The lowest BCUT2D eigenvalue weighted by molar-refractivity contribution is -0.136. The van der Waals surface area contributed by atoms with Crippen LogP contribution in [0.3, 0.4) is 0 Å². The third-order valence-corrected chi connectivity index (χ3v) is 13.8. The van der Waals surface area contributed by atoms with Crippen molar-refractivity contribution in [2.75, 3.05) is 82.9 Å². The van der Waals surface area contributed by atoms with E-state index in [-0.39, 0.29) is 29.7 Å². The number of nitrogens with one attached hydrogen (secondary N) is 1. The summed E-state index contributed by atoms with van der Waals surface area (Å²) >= 11 is 0. The predicted molar refractivity (Wildman–Crippen MR) is 240 cm³/mol. The highest BCUT2D eigenvalue weighted by atomic mass is 16.5. The molecular formula is C48H58N8O6. The fraction of sp³-hybridized carbons (Fsp3) is 0.479. The van der Waals surface area contributed by atoms with Gasteiger partial charge >= 0.3 is 0 Å². The number of carbonyl (C=O) groups excluding carboxylic acids is 3. The number of piperazine rings is 1. The average Bonchev–Trinajstić information content (AvgIpc) is 3.60. The summed E-state index contributed by atoms with van der Waals surface area (Å²) in [6.07, 6.45) is 12.9. The highest BCUT2D eigenvalue weighted by Crippen LogP contribution is 2.39. The van der Waals surface area contributed by atoms with Gasteiger partial charge in [-0.3, -0.25) is 29.4 Å². The zero-order valence-corrected chi connectivity index (χ0v) is 36.2. The number of rotatable bonds is 13. The van der Waals surface area contributed by atoms with E-state index in [0.29, 0.717) is 36.4 Å². The van der Waals surface area contributed by atoms with Crippen LogP contribution in [0.4, 0.5) is 11.5 Å². The summed E-state index contributed by atoms with van der Waals surface area (Å²) < 4.78 is 13.9. The Morgan fingerprint density at radius 1 is 0.823 bits per heavy atom. The van der Waals surface area contributed by atoms with E-state index in [9.17, 15) is 19.2 Å². The molecule has 1 atom stereocenters. The van der Waals surface area contributed by atoms with E-state index < -0.39 is 6.04 Å². The molecule has 7 heterocycles. The number of carbonyl (C=O) groups is 3. The largest absolute Gasteiger partial charge is 0.496 e. The van der Waals surface area contributed by atoms with Crippen molar-refractivity contribution >= 4 is 40.0 Å². The summed E-state index contributed by atoms with van der Waals surface area (Å²) in [6, 6.07) is 11.7. The SMILES string of the molecule is C/C=C/Cn1cc(-c2cc(OC)c(CN3CCN(CCC4CCN(c5ccc6c(c5)CN(C5CCC(=O)NC5=O)C6=O)CC4)CC3)c(OC)c2)c2cc(N3CCC3)ncc2c1=O. The molecule has 2 aromatic carbocycles. The number of allylic oxidation sites excluding steroid dienone is 2. The van der Waals surface area contributed by atoms with Crippen LogP contribution in [0.1, 0.15) is 66.9 Å². The quantitative estimate of drug-likeness (QED) is 0.143. The number of benzene rings is 2. The van der Waals surface area contributed by atoms with Crippen LogP contribution in [-0.4, -0.2) is 121 Å². The first kappa shape index (κ1) is 41.6. The van der Waals surface area contributed by atoms with Gasteiger partial charge in [0.05, 0.1) is 25.2 Å². The molecule has 4 fully saturated rings. The molecule has 0 saturated carbocycles. The number of methoxy groups -OCH3 is 2. The highest BCUT2D eigenvalue weighted by molar-refractivity contribution is 6.05. The number of hydrogen-bond donors (Lipinski definition) is 1. The van der Waals surface area contributed by atoms with E-state index in [1.54, 1.807) is 29.9 Å². The molecule has 9 rings (SSSR count). The zero-order chi connectivity index (χ0) is 42.9. The van der Waals surface area contributed by atoms with Gasteiger partial charge in [0.25, 0.3) is 11.5 Å². The Bertz CT molecular complexity index is 2420. The summed E-state index contributed by atoms with van der Waals surface area (Å²) in [5.74, 6) is 2.33. The third-order valence-electron chi connectivity index (χ3n) is 13.8. The number of ether oxygens (including phenoxy) is 2. The van der Waals surface area contributed by atoms with Crippen LogP contribution in [0.5, 0.6) is 11.5 Å². The lowest BCUT2D eigenvalue weighted by Crippen LogP contribution is -2.52. The van der Waals surface area contributed by atoms with Crippen LogP contribution >= 0.6 is 0 Å². The number of aromatic nitrogens is 2. The number of fused-ring (bicyclic) bond motifs is 2. The maximum Gasteiger partial charge on any atom is 0.260 e. The van der Waals surface area contributed by atoms with E-state index in [1.165, 1.54) is 6.42 Å². The Kier molecular flexibility index (Phi) is 12.0. The van der Waals surface area contributed by atoms with E-state index >= 15 is 0 Å². The van der Waals surface area contributed by atoms with Crippen molar-refractivity contribution in [1.29, 1.82) is 0 Å². The van der Waals surface area contributed by atoms with Crippen LogP contribution in [0, 0.1) is 5.92 Å². The van der Waals surface area contributed by atoms with Crippen molar-refractivity contribution in [3.8, 4) is 22.6 Å². The predicted octanol–water partition coefficient (Wildman–Crippen LogP) is 5.05. The Hall–Kier alpha value is -5.73. The number of anilines is 2. The number of nitrogens with zero attached hydrogens (tertiary/aromatic N) is 7. The van der Waals surface area contributed by atoms with Crippen molar-refractivity contribution in [3.63, 3.8) is 0 Å². The molecule has 1 unspecified atom stereocenters. The highest BCUT2D eigenvalue weighted by Gasteiger charge is 2.39. The third kappa shape index (κ3) is 8.29. The minimum Gasteiger partial charge on any atom is -0.496 e. The maximum absolute atomic E-state index is 13.6. The molecule has 1 N–H and O–H groups in total. The second kappa shape index (κ2) is 17.9. The molecule has 3 amide bonds. The molecule has 5 aliphatic rings. The van der Waals surface area contributed by atoms with Crippen LogP contribution in [0.25, 0.3) is 21.9 Å². The molecular weight excluding hydrogens is 785 g/mol. The van der Waals surface area contributed by atoms with Crippen LogP contribution in [-0.2, 0) is 29.2 Å². The summed E-state index contributed by atoms with van der Waals surface area (Å²) in [4.78, 5) is 67.0. The molecule has 4 aromatic rings. The van der Waals surface area contributed by atoms with Gasteiger partial charge < -0.3 is 33.6 Å². The van der Waals surface area contributed by atoms with Gasteiger partial charge in [-0.2, -0.15) is 0 Å². The van der Waals surface area contributed by atoms with Crippen molar-refractivity contribution in [3.05, 3.63) is 88.0 Å². The molecule has 2 aromatic heterocycles. The number of piperidine rings is 2. The maximum atomic E-state index is 13.6. The molecule has 14 nitrogen and oxygen atoms in total. The molecule has 14 heteroatoms. The number of pyridine rings is 2. The Morgan fingerprint density at radius 2 is 1.56 bits per heavy atom. The first-order chi connectivity index (χ1) is 30.2. The standard InChI is InChI=1S/C48H58N8O6/c1-4-5-14-55-31-39(37-27-44(54-15-6-16-54)49-28-38(37)47(55)59)33-25-42(61-2)40(43(26-33)62-3)30-52-22-20-51(21-23-52)17-11-32-12-18-53(19-13-32)35-7-8-36-34(24-35)29-56(48(36)60)41-9-10-45(57)50-46(41)58/h4-5,7-8,24-28,31-32,41H,6,9-23,29-30H2,1-3H3,(H,50,57,58)/b5-4+. The van der Waals surface area contributed by atoms with E-state index in [1.807, 2.05) is 37.4 Å². The molecule has 62 heavy (non-hydrogen) atoms. The van der Waals surface area contributed by atoms with Crippen molar-refractivity contribution < 1.29 is 23.9 Å². The van der Waals surface area contributed by atoms with Gasteiger partial charge in [0.15, 0.2) is 0 Å². The molecule has 0 spiro atoms. The molecule has 5 aliphatic heterocycles. The summed E-state index contributed by atoms with van der Waals surface area (Å²) in [5, 5.41) is 3.86. The van der Waals surface area contributed by atoms with Crippen LogP contribution in [0.15, 0.2) is 65.7 Å². The average molecular weight is 843 g/mol. The summed E-state index contributed by atoms with van der Waals surface area (Å²) in [7, 11) is 3.43. The first-order valence-corrected chi connectivity index (χ1v) is 22.3. The number of hydrogen-bond acceptors (Lipinski definition) is 11. The Morgan fingerprint density at radius 3 is 2.24 bits per heavy atom. The minimum atomic E-state index is -0.596. The fourth-order valence-corrected chi connectivity index (χ4v) is 9.87. The van der Waals surface area contributed by atoms with Gasteiger partial charge in [-0.15, -0.1) is 0 Å². The Balaban J connectivity index is 0.798. The van der Waals surface area contributed by atoms with E-state index in [2.05, 4.69) is 54.2 Å². The lowest BCUT2D eigenvalue weighted by atomic mass is 9.92. The minimum absolute atomic E-state index is 0.0559. The summed E-state index contributed by atoms with van der Waals surface area (Å²) in [6.45, 7) is 12.5. The van der Waals surface area contributed by atoms with Gasteiger partial charge in [0.1, 0.15) is 23.4 Å². The van der Waals surface area contributed by atoms with Gasteiger partial charge in [-0.05, 0) is 99.0 Å². The van der Waals surface area contributed by atoms with E-state index in [0.717, 1.165) is 135 Å². The van der Waals surface area contributed by atoms with Crippen molar-refractivity contribution in [2.24, 2.45) is 5.92 Å². The van der Waals surface area contributed by atoms with Crippen LogP contribution < -0.4 is 30.1 Å².